The quantitative estimate of drug-likeness (QED) is 0.0393. The minimum absolute atomic E-state index is 0.154. The average molecular weight is 695 g/mol. The predicted octanol–water partition coefficient (Wildman–Crippen LogP) is 13.1. The van der Waals surface area contributed by atoms with E-state index in [2.05, 4.69) is 27.8 Å². The number of likely N-dealkylation sites (N-methyl/N-ethyl adjacent to an activating group) is 1. The zero-order valence-corrected chi connectivity index (χ0v) is 34.7. The molecule has 4 nitrogen and oxygen atoms in total. The summed E-state index contributed by atoms with van der Waals surface area (Å²) in [5.41, 5.74) is 0. The molecule has 0 heterocycles. The lowest BCUT2D eigenvalue weighted by molar-refractivity contribution is -0.900. The van der Waals surface area contributed by atoms with Crippen molar-refractivity contribution in [3.05, 3.63) is 0 Å². The lowest BCUT2D eigenvalue weighted by Crippen LogP contribution is -2.51. The Morgan fingerprint density at radius 2 is 0.735 bits per heavy atom. The smallest absolute Gasteiger partial charge is 0.149 e. The van der Waals surface area contributed by atoms with Crippen LogP contribution in [0.5, 0.6) is 0 Å². The van der Waals surface area contributed by atoms with Crippen LogP contribution in [-0.4, -0.2) is 77.1 Å². The molecule has 0 aromatic heterocycles. The number of quaternary nitrogens is 1. The van der Waals surface area contributed by atoms with Gasteiger partial charge in [0.15, 0.2) is 0 Å². The summed E-state index contributed by atoms with van der Waals surface area (Å²) >= 11 is 0. The molecular formula is C44H93BNO3+. The van der Waals surface area contributed by atoms with Crippen molar-refractivity contribution in [3.8, 4) is 0 Å². The first-order chi connectivity index (χ1) is 24.1. The Bertz CT molecular complexity index is 574. The van der Waals surface area contributed by atoms with Crippen LogP contribution in [0, 0.1) is 0 Å². The van der Waals surface area contributed by atoms with E-state index in [4.69, 9.17) is 22.4 Å². The summed E-state index contributed by atoms with van der Waals surface area (Å²) in [6.45, 7) is 11.3. The average Bonchev–Trinajstić information content (AvgIpc) is 3.13. The number of ether oxygens (including phenoxy) is 2. The molecule has 2 radical (unpaired) electrons. The van der Waals surface area contributed by atoms with Crippen LogP contribution >= 0.6 is 0 Å². The van der Waals surface area contributed by atoms with Crippen LogP contribution in [0.2, 0.25) is 0 Å². The summed E-state index contributed by atoms with van der Waals surface area (Å²) < 4.78 is 13.4. The Balaban J connectivity index is 0. The van der Waals surface area contributed by atoms with Gasteiger partial charge in [0.1, 0.15) is 20.5 Å². The lowest BCUT2D eigenvalue weighted by Gasteiger charge is -2.35. The van der Waals surface area contributed by atoms with Gasteiger partial charge in [0.25, 0.3) is 0 Å². The first-order valence-corrected chi connectivity index (χ1v) is 22.3. The van der Waals surface area contributed by atoms with Crippen LogP contribution in [0.4, 0.5) is 0 Å². The highest BCUT2D eigenvalue weighted by Crippen LogP contribution is 2.16. The van der Waals surface area contributed by atoms with Crippen LogP contribution < -0.4 is 0 Å². The third kappa shape index (κ3) is 40.5. The molecule has 0 aromatic carbocycles. The molecule has 0 fully saturated rings. The number of rotatable bonds is 41. The Labute approximate surface area is 312 Å². The molecule has 0 spiro atoms. The summed E-state index contributed by atoms with van der Waals surface area (Å²) in [6.07, 6.45) is 45.8. The number of unbranched alkanes of at least 4 members (excludes halogenated alkanes) is 30. The monoisotopic (exact) mass is 695 g/mol. The normalized spacial score (nSPS) is 13.3. The van der Waals surface area contributed by atoms with E-state index in [1.54, 1.807) is 0 Å². The van der Waals surface area contributed by atoms with Gasteiger partial charge in [0, 0.05) is 26.8 Å². The van der Waals surface area contributed by atoms with Gasteiger partial charge in [-0.2, -0.15) is 0 Å². The van der Waals surface area contributed by atoms with Gasteiger partial charge in [-0.3, -0.25) is 0 Å². The van der Waals surface area contributed by atoms with Crippen molar-refractivity contribution in [2.24, 2.45) is 0 Å². The maximum Gasteiger partial charge on any atom is 0.149 e. The molecule has 49 heavy (non-hydrogen) atoms. The van der Waals surface area contributed by atoms with Gasteiger partial charge in [0.05, 0.1) is 20.2 Å². The van der Waals surface area contributed by atoms with Gasteiger partial charge in [0.2, 0.25) is 0 Å². The number of aliphatic hydroxyl groups is 1. The van der Waals surface area contributed by atoms with E-state index in [0.717, 1.165) is 37.9 Å². The molecule has 0 aliphatic rings. The Morgan fingerprint density at radius 3 is 1.02 bits per heavy atom. The standard InChI is InChI=1S/C43H89BNO2.CH4O/c1-5-8-10-12-14-16-18-20-22-24-26-28-30-32-34-36-38-46-41-43(40-45(4,7-3)42-44)47-39-37-35-33-31-29-27-25-23-21-19-17-15-13-11-9-6-2;1-2/h43H,5-42H2,1-4H3;2H,1H3/q+1;. The number of hydrogen-bond acceptors (Lipinski definition) is 3. The van der Waals surface area contributed by atoms with Crippen molar-refractivity contribution >= 4 is 7.85 Å². The van der Waals surface area contributed by atoms with Gasteiger partial charge in [-0.1, -0.05) is 206 Å². The van der Waals surface area contributed by atoms with Crippen LogP contribution in [0.15, 0.2) is 0 Å². The van der Waals surface area contributed by atoms with E-state index in [-0.39, 0.29) is 6.10 Å². The Morgan fingerprint density at radius 1 is 0.449 bits per heavy atom. The fraction of sp³-hybridized carbons (Fsp3) is 1.00. The third-order valence-corrected chi connectivity index (χ3v) is 10.6. The molecule has 0 aliphatic carbocycles. The van der Waals surface area contributed by atoms with Gasteiger partial charge >= 0.3 is 0 Å². The molecule has 0 aliphatic heterocycles. The van der Waals surface area contributed by atoms with E-state index >= 15 is 0 Å². The molecule has 1 N–H and O–H groups in total. The molecule has 0 saturated carbocycles. The summed E-state index contributed by atoms with van der Waals surface area (Å²) in [4.78, 5) is 0. The molecule has 0 rings (SSSR count). The van der Waals surface area contributed by atoms with Crippen molar-refractivity contribution in [1.82, 2.24) is 0 Å². The molecule has 2 unspecified atom stereocenters. The molecule has 0 aromatic rings. The number of nitrogens with zero attached hydrogens (tertiary/aromatic N) is 1. The van der Waals surface area contributed by atoms with E-state index in [1.807, 2.05) is 0 Å². The van der Waals surface area contributed by atoms with Gasteiger partial charge in [-0.05, 0) is 19.8 Å². The number of aliphatic hydroxyl groups excluding tert-OH is 1. The summed E-state index contributed by atoms with van der Waals surface area (Å²) in [6, 6.07) is 0. The second-order valence-corrected chi connectivity index (χ2v) is 15.5. The van der Waals surface area contributed by atoms with E-state index in [1.165, 1.54) is 205 Å². The van der Waals surface area contributed by atoms with Crippen LogP contribution in [-0.2, 0) is 9.47 Å². The van der Waals surface area contributed by atoms with E-state index < -0.39 is 0 Å². The highest BCUT2D eigenvalue weighted by atomic mass is 16.5. The number of hydrogen-bond donors (Lipinski definition) is 1. The first-order valence-electron chi connectivity index (χ1n) is 22.3. The SMILES string of the molecule is CO.[B]C[N+](C)(CC)CC(COCCCCCCCCCCCCCCCCCC)OCCCCCCCCCCCCCCCCCC. The van der Waals surface area contributed by atoms with Crippen molar-refractivity contribution in [3.63, 3.8) is 0 Å². The summed E-state index contributed by atoms with van der Waals surface area (Å²) in [7, 11) is 9.39. The maximum absolute atomic E-state index is 7.00. The molecule has 0 saturated heterocycles. The molecule has 294 valence electrons. The summed E-state index contributed by atoms with van der Waals surface area (Å²) in [5.74, 6) is 0. The lowest BCUT2D eigenvalue weighted by atomic mass is 10.0. The van der Waals surface area contributed by atoms with Crippen molar-refractivity contribution in [2.75, 3.05) is 53.5 Å². The van der Waals surface area contributed by atoms with Gasteiger partial charge in [-0.25, -0.2) is 0 Å². The largest absolute Gasteiger partial charge is 0.400 e. The second kappa shape index (κ2) is 44.1. The van der Waals surface area contributed by atoms with Crippen molar-refractivity contribution in [2.45, 2.75) is 232 Å². The molecular weight excluding hydrogens is 601 g/mol. The summed E-state index contributed by atoms with van der Waals surface area (Å²) in [5, 5.41) is 7.00. The molecule has 0 amide bonds. The van der Waals surface area contributed by atoms with Crippen molar-refractivity contribution in [1.29, 1.82) is 0 Å². The molecule has 0 bridgehead atoms. The van der Waals surface area contributed by atoms with Crippen molar-refractivity contribution < 1.29 is 19.1 Å². The predicted molar refractivity (Wildman–Crippen MR) is 220 cm³/mol. The topological polar surface area (TPSA) is 38.7 Å². The zero-order chi connectivity index (χ0) is 36.4. The maximum atomic E-state index is 7.00. The van der Waals surface area contributed by atoms with Crippen LogP contribution in [0.25, 0.3) is 0 Å². The van der Waals surface area contributed by atoms with Crippen LogP contribution in [0.3, 0.4) is 0 Å². The first kappa shape index (κ1) is 51.0. The Kier molecular flexibility index (Phi) is 45.9. The van der Waals surface area contributed by atoms with Crippen LogP contribution in [0.1, 0.15) is 226 Å². The fourth-order valence-corrected chi connectivity index (χ4v) is 6.85. The van der Waals surface area contributed by atoms with E-state index in [0.29, 0.717) is 13.1 Å². The Hall–Kier alpha value is -0.0951. The fourth-order valence-electron chi connectivity index (χ4n) is 6.85. The highest BCUT2D eigenvalue weighted by molar-refractivity contribution is 6.08. The minimum Gasteiger partial charge on any atom is -0.400 e. The minimum atomic E-state index is 0.154. The van der Waals surface area contributed by atoms with E-state index in [9.17, 15) is 0 Å². The third-order valence-electron chi connectivity index (χ3n) is 10.6. The second-order valence-electron chi connectivity index (χ2n) is 15.5. The molecule has 5 heteroatoms. The highest BCUT2D eigenvalue weighted by Gasteiger charge is 2.23. The zero-order valence-electron chi connectivity index (χ0n) is 34.7. The van der Waals surface area contributed by atoms with Gasteiger partial charge in [-0.15, -0.1) is 0 Å². The van der Waals surface area contributed by atoms with Gasteiger partial charge < -0.3 is 19.1 Å². The molecule has 2 atom stereocenters.